The van der Waals surface area contributed by atoms with Crippen LogP contribution in [0.3, 0.4) is 0 Å². The van der Waals surface area contributed by atoms with Crippen molar-refractivity contribution in [3.8, 4) is 11.5 Å². The first-order chi connectivity index (χ1) is 12.0. The van der Waals surface area contributed by atoms with E-state index in [-0.39, 0.29) is 24.5 Å². The molecule has 136 valence electrons. The van der Waals surface area contributed by atoms with E-state index in [1.165, 1.54) is 0 Å². The lowest BCUT2D eigenvalue weighted by Gasteiger charge is -2.31. The molecule has 0 spiro atoms. The van der Waals surface area contributed by atoms with Gasteiger partial charge in [0.15, 0.2) is 11.5 Å². The summed E-state index contributed by atoms with van der Waals surface area (Å²) in [7, 11) is 0. The van der Waals surface area contributed by atoms with Crippen molar-refractivity contribution in [1.29, 1.82) is 0 Å². The molecule has 25 heavy (non-hydrogen) atoms. The quantitative estimate of drug-likeness (QED) is 0.871. The van der Waals surface area contributed by atoms with Gasteiger partial charge in [-0.05, 0) is 30.5 Å². The molecule has 2 heterocycles. The average Bonchev–Trinajstić information content (AvgIpc) is 3.08. The third-order valence-electron chi connectivity index (χ3n) is 4.27. The van der Waals surface area contributed by atoms with Crippen molar-refractivity contribution in [2.75, 3.05) is 33.1 Å². The van der Waals surface area contributed by atoms with Crippen LogP contribution >= 0.6 is 0 Å². The number of rotatable bonds is 5. The Bertz CT molecular complexity index is 640. The zero-order valence-electron chi connectivity index (χ0n) is 14.6. The molecular weight excluding hydrogens is 324 g/mol. The first-order valence-corrected chi connectivity index (χ1v) is 8.61. The normalized spacial score (nSPS) is 17.5. The van der Waals surface area contributed by atoms with E-state index in [1.54, 1.807) is 23.1 Å². The Labute approximate surface area is 147 Å². The number of benzene rings is 1. The van der Waals surface area contributed by atoms with Crippen molar-refractivity contribution in [2.24, 2.45) is 5.92 Å². The Morgan fingerprint density at radius 3 is 2.60 bits per heavy atom. The lowest BCUT2D eigenvalue weighted by molar-refractivity contribution is -0.137. The first-order valence-electron chi connectivity index (χ1n) is 8.61. The summed E-state index contributed by atoms with van der Waals surface area (Å²) in [6.07, 6.45) is 0.590. The van der Waals surface area contributed by atoms with Gasteiger partial charge in [-0.25, -0.2) is 0 Å². The van der Waals surface area contributed by atoms with E-state index in [2.05, 4.69) is 5.32 Å². The van der Waals surface area contributed by atoms with Crippen LogP contribution < -0.4 is 14.8 Å². The number of ether oxygens (including phenoxy) is 3. The highest BCUT2D eigenvalue weighted by Crippen LogP contribution is 2.32. The van der Waals surface area contributed by atoms with Crippen LogP contribution in [0.1, 0.15) is 30.6 Å². The summed E-state index contributed by atoms with van der Waals surface area (Å²) < 4.78 is 15.9. The van der Waals surface area contributed by atoms with Crippen molar-refractivity contribution in [2.45, 2.75) is 26.3 Å². The number of carbonyl (C=O) groups excluding carboxylic acids is 2. The van der Waals surface area contributed by atoms with Crippen LogP contribution in [0.5, 0.6) is 11.5 Å². The maximum Gasteiger partial charge on any atom is 0.252 e. The highest BCUT2D eigenvalue weighted by atomic mass is 16.7. The van der Waals surface area contributed by atoms with Gasteiger partial charge in [0.1, 0.15) is 6.04 Å². The molecule has 2 aliphatic heterocycles. The van der Waals surface area contributed by atoms with Gasteiger partial charge in [-0.1, -0.05) is 13.8 Å². The second kappa shape index (κ2) is 7.74. The predicted octanol–water partition coefficient (Wildman–Crippen LogP) is 1.42. The molecule has 0 aliphatic carbocycles. The van der Waals surface area contributed by atoms with Crippen LogP contribution in [0.2, 0.25) is 0 Å². The van der Waals surface area contributed by atoms with Crippen molar-refractivity contribution in [1.82, 2.24) is 10.2 Å². The van der Waals surface area contributed by atoms with Gasteiger partial charge >= 0.3 is 0 Å². The van der Waals surface area contributed by atoms with Crippen molar-refractivity contribution in [3.05, 3.63) is 23.8 Å². The highest BCUT2D eigenvalue weighted by Gasteiger charge is 2.28. The van der Waals surface area contributed by atoms with Crippen LogP contribution in [-0.2, 0) is 9.53 Å². The number of carbonyl (C=O) groups is 2. The molecule has 1 fully saturated rings. The van der Waals surface area contributed by atoms with Crippen molar-refractivity contribution >= 4 is 11.8 Å². The minimum absolute atomic E-state index is 0.0499. The van der Waals surface area contributed by atoms with E-state index in [4.69, 9.17) is 14.2 Å². The summed E-state index contributed by atoms with van der Waals surface area (Å²) in [6.45, 7) is 6.43. The fraction of sp³-hybridized carbons (Fsp3) is 0.556. The first kappa shape index (κ1) is 17.5. The smallest absolute Gasteiger partial charge is 0.252 e. The Morgan fingerprint density at radius 2 is 1.88 bits per heavy atom. The van der Waals surface area contributed by atoms with E-state index < -0.39 is 6.04 Å². The average molecular weight is 348 g/mol. The number of amides is 2. The second-order valence-corrected chi connectivity index (χ2v) is 6.66. The zero-order valence-corrected chi connectivity index (χ0v) is 14.6. The van der Waals surface area contributed by atoms with Gasteiger partial charge in [0, 0.05) is 18.7 Å². The Balaban J connectivity index is 1.70. The van der Waals surface area contributed by atoms with E-state index >= 15 is 0 Å². The molecule has 1 aromatic carbocycles. The molecule has 0 radical (unpaired) electrons. The highest BCUT2D eigenvalue weighted by molar-refractivity contribution is 5.98. The summed E-state index contributed by atoms with van der Waals surface area (Å²) in [5.41, 5.74) is 0.452. The van der Waals surface area contributed by atoms with Crippen LogP contribution in [0.25, 0.3) is 0 Å². The molecule has 3 rings (SSSR count). The van der Waals surface area contributed by atoms with Crippen LogP contribution in [0, 0.1) is 5.92 Å². The molecule has 2 aliphatic rings. The number of morpholine rings is 1. The summed E-state index contributed by atoms with van der Waals surface area (Å²) in [4.78, 5) is 27.2. The second-order valence-electron chi connectivity index (χ2n) is 6.66. The third kappa shape index (κ3) is 4.22. The number of fused-ring (bicyclic) bond motifs is 1. The Morgan fingerprint density at radius 1 is 1.16 bits per heavy atom. The molecule has 2 amide bonds. The molecule has 0 saturated carbocycles. The minimum atomic E-state index is -0.545. The number of hydrogen-bond donors (Lipinski definition) is 1. The number of nitrogens with zero attached hydrogens (tertiary/aromatic N) is 1. The number of hydrogen-bond acceptors (Lipinski definition) is 5. The Hall–Kier alpha value is -2.28. The number of nitrogens with one attached hydrogen (secondary N) is 1. The lowest BCUT2D eigenvalue weighted by atomic mass is 10.0. The molecule has 0 aromatic heterocycles. The van der Waals surface area contributed by atoms with E-state index in [0.717, 1.165) is 0 Å². The molecule has 0 bridgehead atoms. The van der Waals surface area contributed by atoms with E-state index in [0.29, 0.717) is 49.8 Å². The van der Waals surface area contributed by atoms with Gasteiger partial charge in [0.05, 0.1) is 13.2 Å². The molecule has 1 N–H and O–H groups in total. The Kier molecular flexibility index (Phi) is 5.43. The van der Waals surface area contributed by atoms with Crippen molar-refractivity contribution < 1.29 is 23.8 Å². The molecule has 0 unspecified atom stereocenters. The summed E-state index contributed by atoms with van der Waals surface area (Å²) in [6, 6.07) is 4.48. The zero-order chi connectivity index (χ0) is 17.8. The van der Waals surface area contributed by atoms with Gasteiger partial charge in [0.2, 0.25) is 12.7 Å². The fourth-order valence-electron chi connectivity index (χ4n) is 2.98. The van der Waals surface area contributed by atoms with Crippen LogP contribution in [0.4, 0.5) is 0 Å². The van der Waals surface area contributed by atoms with Gasteiger partial charge in [0.25, 0.3) is 5.91 Å². The van der Waals surface area contributed by atoms with Crippen LogP contribution in [-0.4, -0.2) is 55.9 Å². The predicted molar refractivity (Wildman–Crippen MR) is 90.7 cm³/mol. The van der Waals surface area contributed by atoms with Gasteiger partial charge in [-0.2, -0.15) is 0 Å². The molecule has 1 aromatic rings. The molecule has 1 atom stereocenters. The minimum Gasteiger partial charge on any atom is -0.454 e. The molecule has 7 heteroatoms. The summed E-state index contributed by atoms with van der Waals surface area (Å²) in [5.74, 6) is 1.12. The van der Waals surface area contributed by atoms with Gasteiger partial charge in [-0.15, -0.1) is 0 Å². The van der Waals surface area contributed by atoms with E-state index in [9.17, 15) is 9.59 Å². The van der Waals surface area contributed by atoms with Crippen LogP contribution in [0.15, 0.2) is 18.2 Å². The summed E-state index contributed by atoms with van der Waals surface area (Å²) >= 11 is 0. The topological polar surface area (TPSA) is 77.1 Å². The monoisotopic (exact) mass is 348 g/mol. The molecule has 7 nitrogen and oxygen atoms in total. The third-order valence-corrected chi connectivity index (χ3v) is 4.27. The SMILES string of the molecule is CC(C)C[C@@H](NC(=O)c1ccc2c(c1)OCO2)C(=O)N1CCOCC1. The summed E-state index contributed by atoms with van der Waals surface area (Å²) in [5, 5.41) is 2.89. The van der Waals surface area contributed by atoms with Gasteiger partial charge < -0.3 is 24.4 Å². The van der Waals surface area contributed by atoms with Crippen molar-refractivity contribution in [3.63, 3.8) is 0 Å². The standard InChI is InChI=1S/C18H24N2O5/c1-12(2)9-14(18(22)20-5-7-23-8-6-20)19-17(21)13-3-4-15-16(10-13)25-11-24-15/h3-4,10,12,14H,5-9,11H2,1-2H3,(H,19,21)/t14-/m1/s1. The van der Waals surface area contributed by atoms with E-state index in [1.807, 2.05) is 13.8 Å². The lowest BCUT2D eigenvalue weighted by Crippen LogP contribution is -2.52. The maximum atomic E-state index is 12.8. The largest absolute Gasteiger partial charge is 0.454 e. The fourth-order valence-corrected chi connectivity index (χ4v) is 2.98. The molecular formula is C18H24N2O5. The maximum absolute atomic E-state index is 12.8. The van der Waals surface area contributed by atoms with Gasteiger partial charge in [-0.3, -0.25) is 9.59 Å². The molecule has 1 saturated heterocycles.